The van der Waals surface area contributed by atoms with Crippen LogP contribution in [0.15, 0.2) is 12.1 Å². The third kappa shape index (κ3) is 2.39. The van der Waals surface area contributed by atoms with Gasteiger partial charge in [0.05, 0.1) is 12.2 Å². The number of carbonyl (C=O) groups excluding carboxylic acids is 1. The molecule has 0 saturated heterocycles. The van der Waals surface area contributed by atoms with Crippen molar-refractivity contribution in [2.24, 2.45) is 13.0 Å². The molecule has 1 aliphatic rings. The van der Waals surface area contributed by atoms with Gasteiger partial charge in [-0.1, -0.05) is 24.6 Å². The molecule has 5 nitrogen and oxygen atoms in total. The predicted molar refractivity (Wildman–Crippen MR) is 86.0 cm³/mol. The fourth-order valence-corrected chi connectivity index (χ4v) is 3.14. The summed E-state index contributed by atoms with van der Waals surface area (Å²) in [4.78, 5) is 18.8. The summed E-state index contributed by atoms with van der Waals surface area (Å²) < 4.78 is 1.84. The molecular weight excluding hydrogens is 300 g/mol. The summed E-state index contributed by atoms with van der Waals surface area (Å²) in [5.74, 6) is 0.718. The predicted octanol–water partition coefficient (Wildman–Crippen LogP) is 2.81. The number of fused-ring (bicyclic) bond motifs is 1. The molecule has 22 heavy (non-hydrogen) atoms. The van der Waals surface area contributed by atoms with Crippen molar-refractivity contribution < 1.29 is 4.79 Å². The van der Waals surface area contributed by atoms with Crippen molar-refractivity contribution in [3.8, 4) is 0 Å². The Morgan fingerprint density at radius 2 is 2.09 bits per heavy atom. The third-order valence-electron chi connectivity index (χ3n) is 4.37. The zero-order valence-electron chi connectivity index (χ0n) is 13.2. The minimum Gasteiger partial charge on any atom is -0.292 e. The van der Waals surface area contributed by atoms with Gasteiger partial charge in [-0.2, -0.15) is 5.10 Å². The van der Waals surface area contributed by atoms with Crippen LogP contribution in [0.25, 0.3) is 0 Å². The number of aryl methyl sites for hydroxylation is 2. The van der Waals surface area contributed by atoms with E-state index in [4.69, 9.17) is 11.6 Å². The fraction of sp³-hybridized carbons (Fsp3) is 0.438. The summed E-state index contributed by atoms with van der Waals surface area (Å²) >= 11 is 6.03. The molecule has 3 heterocycles. The molecule has 1 amide bonds. The fourth-order valence-electron chi connectivity index (χ4n) is 2.99. The zero-order chi connectivity index (χ0) is 16.0. The molecule has 0 N–H and O–H groups in total. The third-order valence-corrected chi connectivity index (χ3v) is 4.58. The van der Waals surface area contributed by atoms with Crippen LogP contribution in [0.3, 0.4) is 0 Å². The molecule has 3 rings (SSSR count). The molecule has 116 valence electrons. The smallest absolute Gasteiger partial charge is 0.231 e. The van der Waals surface area contributed by atoms with Crippen LogP contribution in [0, 0.1) is 19.8 Å². The summed E-state index contributed by atoms with van der Waals surface area (Å²) in [6.45, 7) is 6.41. The Morgan fingerprint density at radius 1 is 1.36 bits per heavy atom. The van der Waals surface area contributed by atoms with E-state index in [0.717, 1.165) is 22.5 Å². The molecule has 0 saturated carbocycles. The first kappa shape index (κ1) is 15.0. The Bertz CT molecular complexity index is 753. The van der Waals surface area contributed by atoms with Gasteiger partial charge in [0, 0.05) is 24.2 Å². The quantitative estimate of drug-likeness (QED) is 0.800. The van der Waals surface area contributed by atoms with Gasteiger partial charge in [0.2, 0.25) is 5.91 Å². The monoisotopic (exact) mass is 318 g/mol. The first-order chi connectivity index (χ1) is 10.4. The number of amides is 1. The van der Waals surface area contributed by atoms with Gasteiger partial charge in [-0.15, -0.1) is 0 Å². The lowest BCUT2D eigenvalue weighted by Crippen LogP contribution is -2.40. The second-order valence-corrected chi connectivity index (χ2v) is 6.31. The Balaban J connectivity index is 2.05. The van der Waals surface area contributed by atoms with E-state index >= 15 is 0 Å². The van der Waals surface area contributed by atoms with Crippen LogP contribution >= 0.6 is 11.6 Å². The molecule has 2 aromatic rings. The molecule has 0 fully saturated rings. The second-order valence-electron chi connectivity index (χ2n) is 5.92. The van der Waals surface area contributed by atoms with E-state index < -0.39 is 0 Å². The van der Waals surface area contributed by atoms with Gasteiger partial charge in [-0.25, -0.2) is 4.98 Å². The maximum Gasteiger partial charge on any atom is 0.231 e. The first-order valence-electron chi connectivity index (χ1n) is 7.34. The first-order valence-corrected chi connectivity index (χ1v) is 7.72. The Kier molecular flexibility index (Phi) is 3.68. The van der Waals surface area contributed by atoms with Gasteiger partial charge >= 0.3 is 0 Å². The summed E-state index contributed by atoms with van der Waals surface area (Å²) in [5, 5.41) is 4.83. The average Bonchev–Trinajstić information content (AvgIpc) is 2.70. The van der Waals surface area contributed by atoms with Crippen LogP contribution in [0.2, 0.25) is 5.15 Å². The van der Waals surface area contributed by atoms with Gasteiger partial charge in [0.15, 0.2) is 0 Å². The van der Waals surface area contributed by atoms with E-state index in [1.165, 1.54) is 0 Å². The minimum atomic E-state index is -0.0484. The molecule has 0 aromatic carbocycles. The van der Waals surface area contributed by atoms with E-state index in [2.05, 4.69) is 10.1 Å². The minimum absolute atomic E-state index is 0.0484. The molecule has 1 unspecified atom stereocenters. The lowest BCUT2D eigenvalue weighted by molar-refractivity contribution is -0.122. The molecule has 0 bridgehead atoms. The highest BCUT2D eigenvalue weighted by molar-refractivity contribution is 6.29. The standard InChI is InChI=1S/C16H19ClN4O/c1-9-7-12-5-6-14(17)18-15(12)21(16(9)22)8-13-10(2)19-20(4)11(13)3/h5-6,9H,7-8H2,1-4H3. The summed E-state index contributed by atoms with van der Waals surface area (Å²) in [5.41, 5.74) is 4.13. The summed E-state index contributed by atoms with van der Waals surface area (Å²) in [6.07, 6.45) is 0.708. The van der Waals surface area contributed by atoms with Crippen molar-refractivity contribution in [3.05, 3.63) is 39.8 Å². The van der Waals surface area contributed by atoms with E-state index in [1.807, 2.05) is 38.6 Å². The number of rotatable bonds is 2. The lowest BCUT2D eigenvalue weighted by Gasteiger charge is -2.32. The number of hydrogen-bond acceptors (Lipinski definition) is 3. The zero-order valence-corrected chi connectivity index (χ0v) is 14.0. The van der Waals surface area contributed by atoms with E-state index in [0.29, 0.717) is 23.9 Å². The molecule has 0 radical (unpaired) electrons. The normalized spacial score (nSPS) is 17.8. The van der Waals surface area contributed by atoms with Crippen LogP contribution in [0.4, 0.5) is 5.82 Å². The van der Waals surface area contributed by atoms with Crippen molar-refractivity contribution >= 4 is 23.3 Å². The van der Waals surface area contributed by atoms with Gasteiger partial charge in [-0.05, 0) is 31.9 Å². The Hall–Kier alpha value is -1.88. The van der Waals surface area contributed by atoms with Crippen LogP contribution in [0.1, 0.15) is 29.4 Å². The van der Waals surface area contributed by atoms with Gasteiger partial charge in [0.25, 0.3) is 0 Å². The molecular formula is C16H19ClN4O. The van der Waals surface area contributed by atoms with E-state index in [-0.39, 0.29) is 11.8 Å². The van der Waals surface area contributed by atoms with Crippen molar-refractivity contribution in [1.29, 1.82) is 0 Å². The number of anilines is 1. The van der Waals surface area contributed by atoms with Crippen molar-refractivity contribution in [3.63, 3.8) is 0 Å². The molecule has 6 heteroatoms. The largest absolute Gasteiger partial charge is 0.292 e. The highest BCUT2D eigenvalue weighted by Crippen LogP contribution is 2.32. The molecule has 2 aromatic heterocycles. The topological polar surface area (TPSA) is 51.0 Å². The van der Waals surface area contributed by atoms with Gasteiger partial charge in [0.1, 0.15) is 11.0 Å². The van der Waals surface area contributed by atoms with Crippen molar-refractivity contribution in [1.82, 2.24) is 14.8 Å². The van der Waals surface area contributed by atoms with Crippen molar-refractivity contribution in [2.75, 3.05) is 4.90 Å². The SMILES string of the molecule is Cc1nn(C)c(C)c1CN1C(=O)C(C)Cc2ccc(Cl)nc21. The highest BCUT2D eigenvalue weighted by atomic mass is 35.5. The Morgan fingerprint density at radius 3 is 2.73 bits per heavy atom. The Labute approximate surface area is 134 Å². The molecule has 1 atom stereocenters. The highest BCUT2D eigenvalue weighted by Gasteiger charge is 2.32. The second kappa shape index (κ2) is 5.39. The van der Waals surface area contributed by atoms with Gasteiger partial charge in [-0.3, -0.25) is 14.4 Å². The van der Waals surface area contributed by atoms with Crippen molar-refractivity contribution in [2.45, 2.75) is 33.7 Å². The molecule has 0 spiro atoms. The number of hydrogen-bond donors (Lipinski definition) is 0. The number of halogens is 1. The number of nitrogens with zero attached hydrogens (tertiary/aromatic N) is 4. The maximum atomic E-state index is 12.6. The van der Waals surface area contributed by atoms with Crippen LogP contribution in [0.5, 0.6) is 0 Å². The van der Waals surface area contributed by atoms with Crippen LogP contribution in [-0.2, 0) is 24.8 Å². The van der Waals surface area contributed by atoms with Crippen LogP contribution < -0.4 is 4.90 Å². The van der Waals surface area contributed by atoms with Crippen LogP contribution in [-0.4, -0.2) is 20.7 Å². The lowest BCUT2D eigenvalue weighted by atomic mass is 9.95. The molecule has 1 aliphatic heterocycles. The number of pyridine rings is 1. The molecule has 0 aliphatic carbocycles. The summed E-state index contributed by atoms with van der Waals surface area (Å²) in [7, 11) is 1.91. The summed E-state index contributed by atoms with van der Waals surface area (Å²) in [6, 6.07) is 3.74. The maximum absolute atomic E-state index is 12.6. The van der Waals surface area contributed by atoms with E-state index in [9.17, 15) is 4.79 Å². The number of aromatic nitrogens is 3. The number of carbonyl (C=O) groups is 1. The average molecular weight is 319 g/mol. The van der Waals surface area contributed by atoms with E-state index in [1.54, 1.807) is 11.0 Å². The van der Waals surface area contributed by atoms with Gasteiger partial charge < -0.3 is 0 Å².